The van der Waals surface area contributed by atoms with E-state index in [0.29, 0.717) is 5.88 Å². The van der Waals surface area contributed by atoms with Crippen molar-refractivity contribution in [3.8, 4) is 5.88 Å². The van der Waals surface area contributed by atoms with E-state index in [1.807, 2.05) is 0 Å². The van der Waals surface area contributed by atoms with Gasteiger partial charge in [-0.05, 0) is 6.07 Å². The molecule has 0 bridgehead atoms. The Morgan fingerprint density at radius 2 is 2.36 bits per heavy atom. The zero-order valence-corrected chi connectivity index (χ0v) is 6.86. The van der Waals surface area contributed by atoms with E-state index in [-0.39, 0.29) is 0 Å². The van der Waals surface area contributed by atoms with Crippen LogP contribution in [0.2, 0.25) is 0 Å². The summed E-state index contributed by atoms with van der Waals surface area (Å²) in [7, 11) is -0.447. The molecule has 0 saturated carbocycles. The maximum Gasteiger partial charge on any atom is 0.395 e. The highest BCUT2D eigenvalue weighted by Crippen LogP contribution is 2.31. The van der Waals surface area contributed by atoms with Crippen molar-refractivity contribution in [3.05, 3.63) is 24.4 Å². The van der Waals surface area contributed by atoms with Crippen LogP contribution in [-0.2, 0) is 4.52 Å². The van der Waals surface area contributed by atoms with Gasteiger partial charge >= 0.3 is 8.60 Å². The molecule has 11 heavy (non-hydrogen) atoms. The molecule has 0 radical (unpaired) electrons. The molecule has 1 heterocycles. The summed E-state index contributed by atoms with van der Waals surface area (Å²) >= 11 is 0. The van der Waals surface area contributed by atoms with Gasteiger partial charge in [-0.25, -0.2) is 4.98 Å². The Hall–Kier alpha value is -0.700. The highest BCUT2D eigenvalue weighted by Gasteiger charge is 2.05. The van der Waals surface area contributed by atoms with Crippen molar-refractivity contribution in [2.24, 2.45) is 0 Å². The highest BCUT2D eigenvalue weighted by molar-refractivity contribution is 7.41. The van der Waals surface area contributed by atoms with E-state index in [2.05, 4.69) is 9.51 Å². The highest BCUT2D eigenvalue weighted by atomic mass is 31.2. The van der Waals surface area contributed by atoms with Gasteiger partial charge in [0.15, 0.2) is 0 Å². The smallest absolute Gasteiger partial charge is 0.395 e. The number of aromatic nitrogens is 1. The normalized spacial score (nSPS) is 12.5. The molecular formula is C6H8NO3P. The van der Waals surface area contributed by atoms with Crippen LogP contribution in [0.3, 0.4) is 0 Å². The monoisotopic (exact) mass is 173 g/mol. The van der Waals surface area contributed by atoms with Gasteiger partial charge in [-0.15, -0.1) is 0 Å². The molecule has 1 rings (SSSR count). The fourth-order valence-electron chi connectivity index (χ4n) is 0.518. The first-order valence-corrected chi connectivity index (χ1v) is 4.08. The largest absolute Gasteiger partial charge is 0.408 e. The summed E-state index contributed by atoms with van der Waals surface area (Å²) in [6, 6.07) is 5.17. The molecule has 0 amide bonds. The van der Waals surface area contributed by atoms with E-state index >= 15 is 0 Å². The molecule has 1 aromatic rings. The minimum Gasteiger partial charge on any atom is -0.408 e. The average Bonchev–Trinajstić information content (AvgIpc) is 2.06. The molecule has 1 unspecified atom stereocenters. The zero-order chi connectivity index (χ0) is 8.10. The second-order valence-electron chi connectivity index (χ2n) is 1.68. The third-order valence-electron chi connectivity index (χ3n) is 0.966. The molecule has 1 N–H and O–H groups in total. The second-order valence-corrected chi connectivity index (χ2v) is 2.70. The van der Waals surface area contributed by atoms with Gasteiger partial charge < -0.3 is 13.9 Å². The fraction of sp³-hybridized carbons (Fsp3) is 0.167. The Morgan fingerprint density at radius 1 is 1.55 bits per heavy atom. The Morgan fingerprint density at radius 3 is 2.91 bits per heavy atom. The standard InChI is InChI=1S/C6H8NO3P/c1-9-11(8)10-6-4-2-3-5-7-6/h2-5,8H,1H3. The maximum absolute atomic E-state index is 8.89. The topological polar surface area (TPSA) is 51.6 Å². The van der Waals surface area contributed by atoms with Gasteiger partial charge in [0.2, 0.25) is 5.88 Å². The van der Waals surface area contributed by atoms with Gasteiger partial charge in [-0.2, -0.15) is 0 Å². The SMILES string of the molecule is COP(O)Oc1ccccn1. The lowest BCUT2D eigenvalue weighted by Gasteiger charge is -2.06. The predicted octanol–water partition coefficient (Wildman–Crippen LogP) is 1.33. The number of hydrogen-bond donors (Lipinski definition) is 1. The van der Waals surface area contributed by atoms with Gasteiger partial charge in [0.05, 0.1) is 0 Å². The lowest BCUT2D eigenvalue weighted by atomic mass is 10.5. The molecule has 60 valence electrons. The molecule has 0 aliphatic rings. The predicted molar refractivity (Wildman–Crippen MR) is 41.0 cm³/mol. The summed E-state index contributed by atoms with van der Waals surface area (Å²) < 4.78 is 9.36. The summed E-state index contributed by atoms with van der Waals surface area (Å²) in [6.45, 7) is 0. The Kier molecular flexibility index (Phi) is 3.23. The molecule has 0 aliphatic carbocycles. The summed E-state index contributed by atoms with van der Waals surface area (Å²) in [5.74, 6) is 0.364. The van der Waals surface area contributed by atoms with Crippen LogP contribution in [0.5, 0.6) is 5.88 Å². The third kappa shape index (κ3) is 2.80. The second kappa shape index (κ2) is 4.23. The minimum absolute atomic E-state index is 0.364. The summed E-state index contributed by atoms with van der Waals surface area (Å²) in [5, 5.41) is 0. The Balaban J connectivity index is 2.51. The van der Waals surface area contributed by atoms with Crippen LogP contribution in [0.4, 0.5) is 0 Å². The number of nitrogens with zero attached hydrogens (tertiary/aromatic N) is 1. The van der Waals surface area contributed by atoms with Crippen molar-refractivity contribution in [1.82, 2.24) is 4.98 Å². The number of rotatable bonds is 3. The van der Waals surface area contributed by atoms with Crippen LogP contribution in [0.15, 0.2) is 24.4 Å². The molecule has 5 heteroatoms. The summed E-state index contributed by atoms with van der Waals surface area (Å²) in [4.78, 5) is 12.7. The van der Waals surface area contributed by atoms with Crippen LogP contribution in [0, 0.1) is 0 Å². The van der Waals surface area contributed by atoms with Gasteiger partial charge in [-0.3, -0.25) is 0 Å². The quantitative estimate of drug-likeness (QED) is 0.700. The molecule has 0 aromatic carbocycles. The van der Waals surface area contributed by atoms with Gasteiger partial charge in [0.1, 0.15) is 0 Å². The van der Waals surface area contributed by atoms with Crippen molar-refractivity contribution in [1.29, 1.82) is 0 Å². The van der Waals surface area contributed by atoms with E-state index in [1.54, 1.807) is 24.4 Å². The molecule has 0 saturated heterocycles. The van der Waals surface area contributed by atoms with Gasteiger partial charge in [-0.1, -0.05) is 6.07 Å². The molecule has 4 nitrogen and oxygen atoms in total. The van der Waals surface area contributed by atoms with Crippen LogP contribution in [0.1, 0.15) is 0 Å². The maximum atomic E-state index is 8.89. The molecule has 1 atom stereocenters. The van der Waals surface area contributed by atoms with E-state index in [0.717, 1.165) is 0 Å². The first-order valence-electron chi connectivity index (χ1n) is 2.95. The lowest BCUT2D eigenvalue weighted by Crippen LogP contribution is -1.89. The zero-order valence-electron chi connectivity index (χ0n) is 5.97. The number of hydrogen-bond acceptors (Lipinski definition) is 4. The van der Waals surface area contributed by atoms with Gasteiger partial charge in [0.25, 0.3) is 0 Å². The Bertz CT molecular complexity index is 206. The van der Waals surface area contributed by atoms with E-state index < -0.39 is 8.60 Å². The minimum atomic E-state index is -1.82. The third-order valence-corrected chi connectivity index (χ3v) is 1.62. The fourth-order valence-corrected chi connectivity index (χ4v) is 0.861. The van der Waals surface area contributed by atoms with Crippen LogP contribution in [-0.4, -0.2) is 17.0 Å². The van der Waals surface area contributed by atoms with Gasteiger partial charge in [0, 0.05) is 19.4 Å². The lowest BCUT2D eigenvalue weighted by molar-refractivity contribution is 0.313. The first-order chi connectivity index (χ1) is 5.33. The summed E-state index contributed by atoms with van der Waals surface area (Å²) in [6.07, 6.45) is 1.58. The molecule has 0 fully saturated rings. The molecule has 0 spiro atoms. The van der Waals surface area contributed by atoms with E-state index in [9.17, 15) is 0 Å². The molecule has 1 aromatic heterocycles. The summed E-state index contributed by atoms with van der Waals surface area (Å²) in [5.41, 5.74) is 0. The first kappa shape index (κ1) is 8.40. The molecule has 0 aliphatic heterocycles. The van der Waals surface area contributed by atoms with Crippen LogP contribution < -0.4 is 4.52 Å². The van der Waals surface area contributed by atoms with Crippen molar-refractivity contribution in [2.75, 3.05) is 7.11 Å². The van der Waals surface area contributed by atoms with E-state index in [4.69, 9.17) is 9.42 Å². The molecular weight excluding hydrogens is 165 g/mol. The van der Waals surface area contributed by atoms with Crippen molar-refractivity contribution in [2.45, 2.75) is 0 Å². The number of pyridine rings is 1. The van der Waals surface area contributed by atoms with E-state index in [1.165, 1.54) is 7.11 Å². The Labute approximate surface area is 65.8 Å². The van der Waals surface area contributed by atoms with Crippen molar-refractivity contribution in [3.63, 3.8) is 0 Å². The average molecular weight is 173 g/mol. The van der Waals surface area contributed by atoms with Crippen molar-refractivity contribution >= 4 is 8.60 Å². The van der Waals surface area contributed by atoms with Crippen LogP contribution in [0.25, 0.3) is 0 Å². The van der Waals surface area contributed by atoms with Crippen molar-refractivity contribution < 1.29 is 13.9 Å². The van der Waals surface area contributed by atoms with Crippen LogP contribution >= 0.6 is 8.60 Å².